The maximum Gasteiger partial charge on any atom is 0.0334 e. The molecule has 1 saturated heterocycles. The Morgan fingerprint density at radius 2 is 1.95 bits per heavy atom. The number of likely N-dealkylation sites (tertiary alicyclic amines) is 1. The number of rotatable bonds is 4. The molecule has 0 bridgehead atoms. The fourth-order valence-corrected chi connectivity index (χ4v) is 4.72. The van der Waals surface area contributed by atoms with Crippen molar-refractivity contribution in [1.29, 1.82) is 0 Å². The van der Waals surface area contributed by atoms with E-state index >= 15 is 0 Å². The maximum absolute atomic E-state index is 6.28. The molecule has 110 valence electrons. The Bertz CT molecular complexity index is 310. The third kappa shape index (κ3) is 2.71. The molecule has 3 rings (SSSR count). The molecule has 0 spiro atoms. The highest BCUT2D eigenvalue weighted by atomic mass is 15.2. The summed E-state index contributed by atoms with van der Waals surface area (Å²) >= 11 is 0. The Balaban J connectivity index is 1.68. The summed E-state index contributed by atoms with van der Waals surface area (Å²) in [6, 6.07) is 0. The molecule has 2 aliphatic carbocycles. The van der Waals surface area contributed by atoms with E-state index in [2.05, 4.69) is 18.7 Å². The number of nitrogens with zero attached hydrogens (tertiary/aromatic N) is 1. The molecule has 1 heterocycles. The van der Waals surface area contributed by atoms with Gasteiger partial charge in [-0.2, -0.15) is 0 Å². The van der Waals surface area contributed by atoms with E-state index in [0.717, 1.165) is 30.2 Å². The van der Waals surface area contributed by atoms with Gasteiger partial charge >= 0.3 is 0 Å². The molecule has 3 aliphatic rings. The van der Waals surface area contributed by atoms with Crippen LogP contribution in [0.15, 0.2) is 0 Å². The van der Waals surface area contributed by atoms with Crippen molar-refractivity contribution in [2.24, 2.45) is 29.4 Å². The lowest BCUT2D eigenvalue weighted by molar-refractivity contribution is 0.0453. The van der Waals surface area contributed by atoms with E-state index in [0.29, 0.717) is 5.54 Å². The van der Waals surface area contributed by atoms with Gasteiger partial charge in [0.15, 0.2) is 0 Å². The Morgan fingerprint density at radius 3 is 2.53 bits per heavy atom. The van der Waals surface area contributed by atoms with Crippen molar-refractivity contribution in [1.82, 2.24) is 4.90 Å². The lowest BCUT2D eigenvalue weighted by atomic mass is 9.73. The second-order valence-electron chi connectivity index (χ2n) is 7.86. The number of nitrogens with two attached hydrogens (primary N) is 1. The highest BCUT2D eigenvalue weighted by Gasteiger charge is 2.46. The van der Waals surface area contributed by atoms with Gasteiger partial charge in [0, 0.05) is 18.6 Å². The molecule has 3 unspecified atom stereocenters. The van der Waals surface area contributed by atoms with Crippen molar-refractivity contribution >= 4 is 0 Å². The average molecular weight is 264 g/mol. The van der Waals surface area contributed by atoms with Gasteiger partial charge in [0.25, 0.3) is 0 Å². The highest BCUT2D eigenvalue weighted by molar-refractivity contribution is 5.01. The summed E-state index contributed by atoms with van der Waals surface area (Å²) in [4.78, 5) is 2.80. The molecule has 3 atom stereocenters. The van der Waals surface area contributed by atoms with Crippen LogP contribution in [0.25, 0.3) is 0 Å². The van der Waals surface area contributed by atoms with E-state index in [1.54, 1.807) is 0 Å². The summed E-state index contributed by atoms with van der Waals surface area (Å²) in [5, 5.41) is 0. The van der Waals surface area contributed by atoms with Gasteiger partial charge < -0.3 is 5.73 Å². The van der Waals surface area contributed by atoms with Gasteiger partial charge in [0.05, 0.1) is 0 Å². The van der Waals surface area contributed by atoms with Crippen molar-refractivity contribution in [2.75, 3.05) is 19.6 Å². The molecule has 0 aromatic heterocycles. The van der Waals surface area contributed by atoms with Crippen LogP contribution in [0.4, 0.5) is 0 Å². The normalized spacial score (nSPS) is 41.1. The van der Waals surface area contributed by atoms with Crippen LogP contribution in [-0.2, 0) is 0 Å². The van der Waals surface area contributed by atoms with E-state index in [-0.39, 0.29) is 0 Å². The van der Waals surface area contributed by atoms with Crippen LogP contribution in [0.2, 0.25) is 0 Å². The molecule has 2 N–H and O–H groups in total. The molecule has 0 radical (unpaired) electrons. The largest absolute Gasteiger partial charge is 0.329 e. The minimum Gasteiger partial charge on any atom is -0.329 e. The molecule has 19 heavy (non-hydrogen) atoms. The van der Waals surface area contributed by atoms with E-state index in [1.807, 2.05) is 0 Å². The van der Waals surface area contributed by atoms with Gasteiger partial charge in [0.1, 0.15) is 0 Å². The van der Waals surface area contributed by atoms with Crippen LogP contribution < -0.4 is 5.73 Å². The highest BCUT2D eigenvalue weighted by Crippen LogP contribution is 2.48. The summed E-state index contributed by atoms with van der Waals surface area (Å²) in [5.41, 5.74) is 6.65. The monoisotopic (exact) mass is 264 g/mol. The summed E-state index contributed by atoms with van der Waals surface area (Å²) in [7, 11) is 0. The van der Waals surface area contributed by atoms with E-state index in [4.69, 9.17) is 5.73 Å². The molecule has 0 aromatic carbocycles. The van der Waals surface area contributed by atoms with Crippen molar-refractivity contribution in [3.05, 3.63) is 0 Å². The second kappa shape index (κ2) is 5.37. The van der Waals surface area contributed by atoms with Crippen molar-refractivity contribution in [3.63, 3.8) is 0 Å². The summed E-state index contributed by atoms with van der Waals surface area (Å²) < 4.78 is 0. The minimum absolute atomic E-state index is 0.370. The fraction of sp³-hybridized carbons (Fsp3) is 1.00. The summed E-state index contributed by atoms with van der Waals surface area (Å²) in [6.07, 6.45) is 10.1. The first kappa shape index (κ1) is 13.9. The lowest BCUT2D eigenvalue weighted by Crippen LogP contribution is -2.55. The molecular formula is C17H32N2. The Kier molecular flexibility index (Phi) is 3.92. The molecular weight excluding hydrogens is 232 g/mol. The van der Waals surface area contributed by atoms with Crippen molar-refractivity contribution in [2.45, 2.75) is 64.3 Å². The Labute approximate surface area is 119 Å². The van der Waals surface area contributed by atoms with Crippen molar-refractivity contribution < 1.29 is 0 Å². The number of hydrogen-bond acceptors (Lipinski definition) is 2. The zero-order chi connectivity index (χ0) is 13.5. The van der Waals surface area contributed by atoms with Crippen LogP contribution in [0.5, 0.6) is 0 Å². The van der Waals surface area contributed by atoms with Crippen LogP contribution >= 0.6 is 0 Å². The van der Waals surface area contributed by atoms with Gasteiger partial charge in [-0.25, -0.2) is 0 Å². The summed E-state index contributed by atoms with van der Waals surface area (Å²) in [5.74, 6) is 3.80. The standard InChI is InChI=1S/C17H32N2/c1-13(2)16-7-9-19(11-16)17(12-18)8-3-4-15(10-17)14-5-6-14/h13-16H,3-12,18H2,1-2H3. The van der Waals surface area contributed by atoms with Crippen LogP contribution in [0.1, 0.15) is 58.8 Å². The molecule has 0 amide bonds. The third-order valence-electron chi connectivity index (χ3n) is 6.37. The van der Waals surface area contributed by atoms with Gasteiger partial charge in [-0.15, -0.1) is 0 Å². The first-order chi connectivity index (χ1) is 9.14. The Morgan fingerprint density at radius 1 is 1.16 bits per heavy atom. The van der Waals surface area contributed by atoms with E-state index in [1.165, 1.54) is 58.0 Å². The smallest absolute Gasteiger partial charge is 0.0334 e. The predicted molar refractivity (Wildman–Crippen MR) is 81.0 cm³/mol. The fourth-order valence-electron chi connectivity index (χ4n) is 4.72. The van der Waals surface area contributed by atoms with Crippen LogP contribution in [0, 0.1) is 23.7 Å². The van der Waals surface area contributed by atoms with E-state index in [9.17, 15) is 0 Å². The lowest BCUT2D eigenvalue weighted by Gasteiger charge is -2.47. The van der Waals surface area contributed by atoms with Crippen LogP contribution in [-0.4, -0.2) is 30.1 Å². The maximum atomic E-state index is 6.28. The second-order valence-corrected chi connectivity index (χ2v) is 7.86. The Hall–Kier alpha value is -0.0800. The van der Waals surface area contributed by atoms with Gasteiger partial charge in [-0.3, -0.25) is 4.90 Å². The van der Waals surface area contributed by atoms with Gasteiger partial charge in [-0.1, -0.05) is 26.7 Å². The first-order valence-corrected chi connectivity index (χ1v) is 8.60. The number of hydrogen-bond donors (Lipinski definition) is 1. The molecule has 2 heteroatoms. The first-order valence-electron chi connectivity index (χ1n) is 8.60. The van der Waals surface area contributed by atoms with Gasteiger partial charge in [0.2, 0.25) is 0 Å². The summed E-state index contributed by atoms with van der Waals surface area (Å²) in [6.45, 7) is 8.28. The SMILES string of the molecule is CC(C)C1CCN(C2(CN)CCCC(C3CC3)C2)C1. The van der Waals surface area contributed by atoms with Crippen molar-refractivity contribution in [3.8, 4) is 0 Å². The van der Waals surface area contributed by atoms with Crippen LogP contribution in [0.3, 0.4) is 0 Å². The zero-order valence-electron chi connectivity index (χ0n) is 12.9. The zero-order valence-corrected chi connectivity index (χ0v) is 12.9. The molecule has 3 fully saturated rings. The predicted octanol–water partition coefficient (Wildman–Crippen LogP) is 3.26. The topological polar surface area (TPSA) is 29.3 Å². The van der Waals surface area contributed by atoms with Gasteiger partial charge in [-0.05, 0) is 62.3 Å². The molecule has 2 saturated carbocycles. The minimum atomic E-state index is 0.370. The molecule has 0 aromatic rings. The molecule has 2 nitrogen and oxygen atoms in total. The molecule has 1 aliphatic heterocycles. The quantitative estimate of drug-likeness (QED) is 0.844. The van der Waals surface area contributed by atoms with E-state index < -0.39 is 0 Å². The third-order valence-corrected chi connectivity index (χ3v) is 6.37. The average Bonchev–Trinajstić information content (AvgIpc) is 3.15.